The van der Waals surface area contributed by atoms with E-state index in [1.54, 1.807) is 6.92 Å². The van der Waals surface area contributed by atoms with E-state index >= 15 is 0 Å². The van der Waals surface area contributed by atoms with Crippen LogP contribution in [0.2, 0.25) is 0 Å². The molecular formula is C11H13FO4. The van der Waals surface area contributed by atoms with Crippen molar-refractivity contribution < 1.29 is 23.4 Å². The zero-order valence-electron chi connectivity index (χ0n) is 9.16. The normalized spacial score (nSPS) is 9.94. The molecule has 0 saturated carbocycles. The molecule has 0 spiro atoms. The molecule has 5 heteroatoms. The minimum absolute atomic E-state index is 0.0365. The first-order valence-corrected chi connectivity index (χ1v) is 4.76. The summed E-state index contributed by atoms with van der Waals surface area (Å²) in [5.41, 5.74) is -0.164. The first kappa shape index (κ1) is 12.4. The van der Waals surface area contributed by atoms with Gasteiger partial charge in [0.1, 0.15) is 5.75 Å². The molecule has 0 fully saturated rings. The van der Waals surface area contributed by atoms with Crippen LogP contribution in [-0.4, -0.2) is 26.8 Å². The van der Waals surface area contributed by atoms with E-state index in [4.69, 9.17) is 9.47 Å². The lowest BCUT2D eigenvalue weighted by molar-refractivity contribution is 0.0502. The molecule has 1 aromatic rings. The van der Waals surface area contributed by atoms with Crippen molar-refractivity contribution in [2.75, 3.05) is 20.5 Å². The first-order valence-electron chi connectivity index (χ1n) is 4.76. The fraction of sp³-hybridized carbons (Fsp3) is 0.364. The summed E-state index contributed by atoms with van der Waals surface area (Å²) < 4.78 is 28.4. The Labute approximate surface area is 92.9 Å². The summed E-state index contributed by atoms with van der Waals surface area (Å²) in [4.78, 5) is 10.8. The monoisotopic (exact) mass is 228 g/mol. The second-order valence-electron chi connectivity index (χ2n) is 2.89. The summed E-state index contributed by atoms with van der Waals surface area (Å²) in [7, 11) is 1.44. The molecule has 0 amide bonds. The fourth-order valence-corrected chi connectivity index (χ4v) is 1.18. The van der Waals surface area contributed by atoms with Gasteiger partial charge in [0.25, 0.3) is 0 Å². The van der Waals surface area contributed by atoms with Crippen LogP contribution in [0.1, 0.15) is 17.3 Å². The number of hydrogen-bond acceptors (Lipinski definition) is 4. The van der Waals surface area contributed by atoms with Gasteiger partial charge in [-0.1, -0.05) is 0 Å². The van der Waals surface area contributed by atoms with E-state index in [1.807, 2.05) is 0 Å². The summed E-state index contributed by atoms with van der Waals surface area (Å²) in [6.45, 7) is 2.01. The predicted molar refractivity (Wildman–Crippen MR) is 55.5 cm³/mol. The summed E-state index contributed by atoms with van der Waals surface area (Å²) in [5.74, 6) is -0.544. The van der Waals surface area contributed by atoms with Crippen LogP contribution in [0.5, 0.6) is 11.5 Å². The summed E-state index contributed by atoms with van der Waals surface area (Å²) >= 11 is 0. The van der Waals surface area contributed by atoms with Crippen LogP contribution < -0.4 is 9.47 Å². The van der Waals surface area contributed by atoms with Gasteiger partial charge in [-0.05, 0) is 19.1 Å². The fourth-order valence-electron chi connectivity index (χ4n) is 1.18. The van der Waals surface area contributed by atoms with Crippen molar-refractivity contribution in [2.24, 2.45) is 0 Å². The van der Waals surface area contributed by atoms with Gasteiger partial charge < -0.3 is 14.2 Å². The highest BCUT2D eigenvalue weighted by molar-refractivity contribution is 5.80. The molecule has 0 aliphatic carbocycles. The summed E-state index contributed by atoms with van der Waals surface area (Å²) in [6, 6.07) is 2.88. The van der Waals surface area contributed by atoms with E-state index in [-0.39, 0.29) is 23.9 Å². The minimum atomic E-state index is -0.717. The number of rotatable bonds is 6. The summed E-state index contributed by atoms with van der Waals surface area (Å²) in [5, 5.41) is 0. The van der Waals surface area contributed by atoms with Crippen LogP contribution in [-0.2, 0) is 4.74 Å². The zero-order chi connectivity index (χ0) is 12.0. The number of carbonyl (C=O) groups is 1. The van der Waals surface area contributed by atoms with E-state index < -0.39 is 5.82 Å². The van der Waals surface area contributed by atoms with Crippen molar-refractivity contribution >= 4 is 6.29 Å². The smallest absolute Gasteiger partial charge is 0.188 e. The van der Waals surface area contributed by atoms with Crippen LogP contribution in [0.3, 0.4) is 0 Å². The molecule has 4 nitrogen and oxygen atoms in total. The van der Waals surface area contributed by atoms with Gasteiger partial charge in [-0.2, -0.15) is 0 Å². The number of halogens is 1. The largest absolute Gasteiger partial charge is 0.491 e. The average Bonchev–Trinajstić information content (AvgIpc) is 2.30. The van der Waals surface area contributed by atoms with Crippen molar-refractivity contribution in [2.45, 2.75) is 6.92 Å². The Kier molecular flexibility index (Phi) is 4.72. The molecule has 0 heterocycles. The van der Waals surface area contributed by atoms with Gasteiger partial charge in [-0.3, -0.25) is 4.79 Å². The van der Waals surface area contributed by atoms with Crippen LogP contribution >= 0.6 is 0 Å². The molecule has 1 aromatic carbocycles. The lowest BCUT2D eigenvalue weighted by Crippen LogP contribution is -2.04. The minimum Gasteiger partial charge on any atom is -0.491 e. The van der Waals surface area contributed by atoms with E-state index in [0.717, 1.165) is 0 Å². The molecular weight excluding hydrogens is 215 g/mol. The van der Waals surface area contributed by atoms with Gasteiger partial charge in [-0.25, -0.2) is 4.39 Å². The molecule has 0 unspecified atom stereocenters. The number of methoxy groups -OCH3 is 1. The Hall–Kier alpha value is -1.62. The van der Waals surface area contributed by atoms with E-state index in [2.05, 4.69) is 4.74 Å². The maximum atomic E-state index is 13.7. The van der Waals surface area contributed by atoms with Crippen LogP contribution in [0, 0.1) is 5.82 Å². The molecule has 0 aliphatic rings. The summed E-state index contributed by atoms with van der Waals surface area (Å²) in [6.07, 6.45) is 0.392. The molecule has 0 aromatic heterocycles. The topological polar surface area (TPSA) is 44.8 Å². The third-order valence-corrected chi connectivity index (χ3v) is 1.85. The number of ether oxygens (including phenoxy) is 3. The lowest BCUT2D eigenvalue weighted by Gasteiger charge is -2.10. The highest BCUT2D eigenvalue weighted by Gasteiger charge is 2.14. The molecule has 0 radical (unpaired) electrons. The van der Waals surface area contributed by atoms with Crippen molar-refractivity contribution in [1.82, 2.24) is 0 Å². The number of carbonyl (C=O) groups excluding carboxylic acids is 1. The van der Waals surface area contributed by atoms with Crippen LogP contribution in [0.25, 0.3) is 0 Å². The van der Waals surface area contributed by atoms with Crippen molar-refractivity contribution in [1.29, 1.82) is 0 Å². The van der Waals surface area contributed by atoms with Crippen LogP contribution in [0.15, 0.2) is 12.1 Å². The standard InChI is InChI=1S/C11H13FO4/c1-3-15-10-5-4-9(16-7-14-2)8(6-13)11(10)12/h4-6H,3,7H2,1-2H3. The Bertz CT molecular complexity index is 365. The third-order valence-electron chi connectivity index (χ3n) is 1.85. The SMILES string of the molecule is CCOc1ccc(OCOC)c(C=O)c1F. The molecule has 0 saturated heterocycles. The molecule has 88 valence electrons. The zero-order valence-corrected chi connectivity index (χ0v) is 9.16. The Balaban J connectivity index is 3.03. The number of hydrogen-bond donors (Lipinski definition) is 0. The van der Waals surface area contributed by atoms with Gasteiger partial charge in [-0.15, -0.1) is 0 Å². The van der Waals surface area contributed by atoms with Crippen molar-refractivity contribution in [3.63, 3.8) is 0 Å². The van der Waals surface area contributed by atoms with Gasteiger partial charge in [0, 0.05) is 7.11 Å². The first-order chi connectivity index (χ1) is 7.74. The molecule has 0 aliphatic heterocycles. The van der Waals surface area contributed by atoms with Crippen molar-refractivity contribution in [3.8, 4) is 11.5 Å². The molecule has 0 atom stereocenters. The van der Waals surface area contributed by atoms with Gasteiger partial charge >= 0.3 is 0 Å². The van der Waals surface area contributed by atoms with Crippen molar-refractivity contribution in [3.05, 3.63) is 23.5 Å². The molecule has 16 heavy (non-hydrogen) atoms. The van der Waals surface area contributed by atoms with E-state index in [1.165, 1.54) is 19.2 Å². The Morgan fingerprint density at radius 1 is 1.31 bits per heavy atom. The van der Waals surface area contributed by atoms with E-state index in [9.17, 15) is 9.18 Å². The lowest BCUT2D eigenvalue weighted by atomic mass is 10.2. The van der Waals surface area contributed by atoms with Crippen LogP contribution in [0.4, 0.5) is 4.39 Å². The van der Waals surface area contributed by atoms with Gasteiger partial charge in [0.2, 0.25) is 0 Å². The Morgan fingerprint density at radius 2 is 2.00 bits per heavy atom. The van der Waals surface area contributed by atoms with Gasteiger partial charge in [0.05, 0.1) is 12.2 Å². The number of aldehydes is 1. The molecule has 0 N–H and O–H groups in total. The average molecular weight is 228 g/mol. The maximum Gasteiger partial charge on any atom is 0.188 e. The van der Waals surface area contributed by atoms with Gasteiger partial charge in [0.15, 0.2) is 24.6 Å². The third kappa shape index (κ3) is 2.70. The maximum absolute atomic E-state index is 13.7. The molecule has 1 rings (SSSR count). The Morgan fingerprint density at radius 3 is 2.56 bits per heavy atom. The predicted octanol–water partition coefficient (Wildman–Crippen LogP) is 2.02. The quantitative estimate of drug-likeness (QED) is 0.552. The second kappa shape index (κ2) is 6.07. The second-order valence-corrected chi connectivity index (χ2v) is 2.89. The number of benzene rings is 1. The molecule has 0 bridgehead atoms. The highest BCUT2D eigenvalue weighted by Crippen LogP contribution is 2.27. The highest BCUT2D eigenvalue weighted by atomic mass is 19.1. The van der Waals surface area contributed by atoms with E-state index in [0.29, 0.717) is 12.9 Å².